The van der Waals surface area contributed by atoms with Crippen LogP contribution in [-0.4, -0.2) is 35.9 Å². The summed E-state index contributed by atoms with van der Waals surface area (Å²) in [6, 6.07) is 32.9. The first-order valence-corrected chi connectivity index (χ1v) is 17.0. The Bertz CT molecular complexity index is 1670. The monoisotopic (exact) mass is 654 g/mol. The second-order valence-electron chi connectivity index (χ2n) is 11.5. The maximum absolute atomic E-state index is 14.0. The Hall–Kier alpha value is -4.69. The number of amides is 1. The van der Waals surface area contributed by atoms with E-state index in [1.807, 2.05) is 68.4 Å². The summed E-state index contributed by atoms with van der Waals surface area (Å²) in [7, 11) is -3.75. The molecule has 4 rings (SSSR count). The van der Waals surface area contributed by atoms with Crippen LogP contribution in [0.25, 0.3) is 11.1 Å². The van der Waals surface area contributed by atoms with Crippen molar-refractivity contribution in [3.63, 3.8) is 0 Å². The Balaban J connectivity index is 1.34. The van der Waals surface area contributed by atoms with Crippen molar-refractivity contribution in [2.45, 2.75) is 51.8 Å². The third-order valence-corrected chi connectivity index (χ3v) is 9.82. The number of nitrogens with one attached hydrogen (secondary N) is 1. The highest BCUT2D eigenvalue weighted by Gasteiger charge is 2.33. The van der Waals surface area contributed by atoms with Crippen molar-refractivity contribution in [1.82, 2.24) is 5.32 Å². The van der Waals surface area contributed by atoms with Crippen molar-refractivity contribution in [1.29, 1.82) is 0 Å². The predicted molar refractivity (Wildman–Crippen MR) is 181 cm³/mol. The maximum atomic E-state index is 14.0. The van der Waals surface area contributed by atoms with E-state index in [0.29, 0.717) is 10.6 Å². The van der Waals surface area contributed by atoms with E-state index >= 15 is 0 Å². The summed E-state index contributed by atoms with van der Waals surface area (Å²) in [6.45, 7) is 3.76. The van der Waals surface area contributed by atoms with Gasteiger partial charge in [0.05, 0.1) is 12.8 Å². The molecule has 2 atom stereocenters. The number of hydrogen-bond acceptors (Lipinski definition) is 8. The molecule has 244 valence electrons. The molecule has 0 spiro atoms. The fourth-order valence-electron chi connectivity index (χ4n) is 5.02. The summed E-state index contributed by atoms with van der Waals surface area (Å²) in [4.78, 5) is 51.6. The second kappa shape index (κ2) is 16.7. The first-order valence-electron chi connectivity index (χ1n) is 15.4. The van der Waals surface area contributed by atoms with Crippen molar-refractivity contribution in [2.75, 3.05) is 0 Å². The Labute approximate surface area is 274 Å². The lowest BCUT2D eigenvalue weighted by Gasteiger charge is -2.23. The van der Waals surface area contributed by atoms with Crippen LogP contribution in [0.5, 0.6) is 0 Å². The molecule has 1 amide bonds. The van der Waals surface area contributed by atoms with Gasteiger partial charge in [-0.1, -0.05) is 105 Å². The van der Waals surface area contributed by atoms with Gasteiger partial charge in [0.15, 0.2) is 12.0 Å². The molecule has 4 aromatic carbocycles. The van der Waals surface area contributed by atoms with Gasteiger partial charge in [0.25, 0.3) is 7.37 Å². The van der Waals surface area contributed by atoms with Crippen LogP contribution in [0.4, 0.5) is 0 Å². The van der Waals surface area contributed by atoms with Crippen molar-refractivity contribution in [3.05, 3.63) is 121 Å². The van der Waals surface area contributed by atoms with Gasteiger partial charge in [-0.25, -0.2) is 4.79 Å². The molecule has 4 aromatic rings. The van der Waals surface area contributed by atoms with E-state index in [1.165, 1.54) is 0 Å². The number of carbonyl (C=O) groups excluding carboxylic acids is 4. The molecule has 0 heterocycles. The lowest BCUT2D eigenvalue weighted by molar-refractivity contribution is -0.162. The zero-order chi connectivity index (χ0) is 33.8. The molecule has 0 aliphatic rings. The number of benzene rings is 4. The van der Waals surface area contributed by atoms with E-state index in [2.05, 4.69) is 5.32 Å². The van der Waals surface area contributed by atoms with Crippen LogP contribution in [-0.2, 0) is 39.4 Å². The number of rotatable bonds is 15. The minimum atomic E-state index is -3.75. The van der Waals surface area contributed by atoms with Gasteiger partial charge < -0.3 is 10.1 Å². The first-order chi connectivity index (χ1) is 22.6. The summed E-state index contributed by atoms with van der Waals surface area (Å²) in [5, 5.41) is 3.44. The SMILES string of the molecule is CC(C)C[C@H](NC(=O)Cc1ccccc1-c1ccccc1)C(=O)OC(=O)CCC(=O)C(N)OP(=O)(c1ccccc1)c1ccccc1. The van der Waals surface area contributed by atoms with Gasteiger partial charge in [0.1, 0.15) is 6.04 Å². The quantitative estimate of drug-likeness (QED) is 0.0783. The van der Waals surface area contributed by atoms with Crippen LogP contribution in [0.15, 0.2) is 115 Å². The number of nitrogens with two attached hydrogens (primary N) is 1. The minimum Gasteiger partial charge on any atom is -0.392 e. The molecule has 0 saturated carbocycles. The third kappa shape index (κ3) is 9.90. The van der Waals surface area contributed by atoms with E-state index in [0.717, 1.165) is 16.7 Å². The average Bonchev–Trinajstić information content (AvgIpc) is 3.08. The Kier molecular flexibility index (Phi) is 12.5. The molecule has 0 fully saturated rings. The molecule has 10 heteroatoms. The van der Waals surface area contributed by atoms with Crippen molar-refractivity contribution < 1.29 is 33.0 Å². The zero-order valence-corrected chi connectivity index (χ0v) is 27.3. The van der Waals surface area contributed by atoms with Gasteiger partial charge in [0, 0.05) is 17.0 Å². The number of ether oxygens (including phenoxy) is 1. The average molecular weight is 655 g/mol. The molecule has 0 aliphatic carbocycles. The van der Waals surface area contributed by atoms with Crippen LogP contribution in [0, 0.1) is 5.92 Å². The maximum Gasteiger partial charge on any atom is 0.336 e. The lowest BCUT2D eigenvalue weighted by atomic mass is 9.97. The van der Waals surface area contributed by atoms with Crippen molar-refractivity contribution >= 4 is 41.6 Å². The number of carbonyl (C=O) groups is 4. The van der Waals surface area contributed by atoms with Gasteiger partial charge in [-0.15, -0.1) is 0 Å². The molecule has 0 bridgehead atoms. The topological polar surface area (TPSA) is 142 Å². The highest BCUT2D eigenvalue weighted by Crippen LogP contribution is 2.45. The smallest absolute Gasteiger partial charge is 0.336 e. The summed E-state index contributed by atoms with van der Waals surface area (Å²) in [5.41, 5.74) is 8.67. The predicted octanol–water partition coefficient (Wildman–Crippen LogP) is 5.08. The second-order valence-corrected chi connectivity index (χ2v) is 13.8. The van der Waals surface area contributed by atoms with Gasteiger partial charge >= 0.3 is 11.9 Å². The van der Waals surface area contributed by atoms with E-state index < -0.39 is 56.1 Å². The summed E-state index contributed by atoms with van der Waals surface area (Å²) in [6.07, 6.45) is -2.21. The van der Waals surface area contributed by atoms with Crippen LogP contribution < -0.4 is 21.7 Å². The van der Waals surface area contributed by atoms with E-state index in [4.69, 9.17) is 15.0 Å². The van der Waals surface area contributed by atoms with Crippen LogP contribution in [0.2, 0.25) is 0 Å². The van der Waals surface area contributed by atoms with Crippen LogP contribution in [0.1, 0.15) is 38.7 Å². The van der Waals surface area contributed by atoms with Crippen molar-refractivity contribution in [2.24, 2.45) is 11.7 Å². The minimum absolute atomic E-state index is 0.00111. The van der Waals surface area contributed by atoms with Gasteiger partial charge in [-0.3, -0.25) is 29.2 Å². The van der Waals surface area contributed by atoms with Crippen LogP contribution in [0.3, 0.4) is 0 Å². The molecule has 0 aromatic heterocycles. The molecule has 9 nitrogen and oxygen atoms in total. The summed E-state index contributed by atoms with van der Waals surface area (Å²) in [5.74, 6) is -2.96. The number of ketones is 1. The lowest BCUT2D eigenvalue weighted by Crippen LogP contribution is -2.44. The fraction of sp³-hybridized carbons (Fsp3) is 0.243. The number of hydrogen-bond donors (Lipinski definition) is 2. The molecule has 0 radical (unpaired) electrons. The largest absolute Gasteiger partial charge is 0.392 e. The van der Waals surface area contributed by atoms with Crippen molar-refractivity contribution in [3.8, 4) is 11.1 Å². The number of esters is 2. The Morgan fingerprint density at radius 3 is 1.85 bits per heavy atom. The highest BCUT2D eigenvalue weighted by atomic mass is 31.2. The Morgan fingerprint density at radius 1 is 0.745 bits per heavy atom. The third-order valence-electron chi connectivity index (χ3n) is 7.34. The molecule has 3 N–H and O–H groups in total. The standard InChI is InChI=1S/C37H39N2O7P/c1-26(2)24-32(39-34(41)25-28-16-12-13-21-31(28)27-14-6-3-7-15-27)37(43)45-35(42)23-22-33(40)36(38)46-47(44,29-17-8-4-9-18-29)30-19-10-5-11-20-30/h3-21,26,32,36H,22-25,38H2,1-2H3,(H,39,41)/t32-,36?/m0/s1. The summed E-state index contributed by atoms with van der Waals surface area (Å²) < 4.78 is 24.8. The molecule has 0 aliphatic heterocycles. The highest BCUT2D eigenvalue weighted by molar-refractivity contribution is 7.74. The fourth-order valence-corrected chi connectivity index (χ4v) is 7.13. The van der Waals surface area contributed by atoms with E-state index in [1.54, 1.807) is 60.7 Å². The molecule has 47 heavy (non-hydrogen) atoms. The van der Waals surface area contributed by atoms with Gasteiger partial charge in [0.2, 0.25) is 5.91 Å². The molecule has 0 saturated heterocycles. The Morgan fingerprint density at radius 2 is 1.28 bits per heavy atom. The van der Waals surface area contributed by atoms with Crippen LogP contribution >= 0.6 is 7.37 Å². The van der Waals surface area contributed by atoms with Gasteiger partial charge in [-0.05, 0) is 53.3 Å². The first kappa shape index (κ1) is 35.2. The zero-order valence-electron chi connectivity index (χ0n) is 26.4. The number of Topliss-reactive ketones (excluding diaryl/α,β-unsaturated/α-hetero) is 1. The van der Waals surface area contributed by atoms with Gasteiger partial charge in [-0.2, -0.15) is 0 Å². The molecular weight excluding hydrogens is 615 g/mol. The normalized spacial score (nSPS) is 12.6. The molecular formula is C37H39N2O7P. The van der Waals surface area contributed by atoms with E-state index in [-0.39, 0.29) is 18.8 Å². The summed E-state index contributed by atoms with van der Waals surface area (Å²) >= 11 is 0. The molecule has 1 unspecified atom stereocenters. The van der Waals surface area contributed by atoms with E-state index in [9.17, 15) is 23.7 Å².